The molecule has 1 heterocycles. The Morgan fingerprint density at radius 3 is 2.83 bits per heavy atom. The highest BCUT2D eigenvalue weighted by atomic mass is 16.1. The Balaban J connectivity index is 1.62. The summed E-state index contributed by atoms with van der Waals surface area (Å²) in [6.07, 6.45) is 9.88. The molecule has 0 aliphatic heterocycles. The highest BCUT2D eigenvalue weighted by molar-refractivity contribution is 5.95. The fraction of sp³-hybridized carbons (Fsp3) is 0.368. The minimum Gasteiger partial charge on any atom is -0.352 e. The maximum absolute atomic E-state index is 12.4. The number of amides is 1. The fourth-order valence-electron chi connectivity index (χ4n) is 3.03. The zero-order chi connectivity index (χ0) is 16.1. The van der Waals surface area contributed by atoms with Gasteiger partial charge in [-0.25, -0.2) is 4.68 Å². The van der Waals surface area contributed by atoms with Gasteiger partial charge in [-0.05, 0) is 51.2 Å². The van der Waals surface area contributed by atoms with Crippen LogP contribution in [-0.4, -0.2) is 22.2 Å². The number of allylic oxidation sites excluding steroid dienone is 1. The Bertz CT molecular complexity index is 701. The minimum absolute atomic E-state index is 0.0407. The van der Waals surface area contributed by atoms with Gasteiger partial charge in [0.25, 0.3) is 5.91 Å². The van der Waals surface area contributed by atoms with Gasteiger partial charge >= 0.3 is 0 Å². The number of hydrogen-bond acceptors (Lipinski definition) is 2. The molecule has 1 aromatic heterocycles. The van der Waals surface area contributed by atoms with E-state index in [-0.39, 0.29) is 5.91 Å². The molecule has 0 saturated carbocycles. The monoisotopic (exact) mass is 309 g/mol. The fourth-order valence-corrected chi connectivity index (χ4v) is 3.03. The summed E-state index contributed by atoms with van der Waals surface area (Å²) in [7, 11) is 0. The molecule has 1 N–H and O–H groups in total. The maximum atomic E-state index is 12.4. The number of para-hydroxylation sites is 1. The second kappa shape index (κ2) is 7.27. The molecular formula is C19H23N3O. The van der Waals surface area contributed by atoms with Gasteiger partial charge in [-0.2, -0.15) is 5.10 Å². The summed E-state index contributed by atoms with van der Waals surface area (Å²) in [6.45, 7) is 2.62. The first-order chi connectivity index (χ1) is 11.3. The molecule has 120 valence electrons. The number of hydrogen-bond donors (Lipinski definition) is 1. The Hall–Kier alpha value is -2.36. The van der Waals surface area contributed by atoms with Crippen LogP contribution in [0.1, 0.15) is 48.2 Å². The van der Waals surface area contributed by atoms with Crippen LogP contribution in [0.3, 0.4) is 0 Å². The van der Waals surface area contributed by atoms with Gasteiger partial charge in [-0.3, -0.25) is 4.79 Å². The molecule has 1 aliphatic carbocycles. The molecule has 2 aromatic rings. The standard InChI is InChI=1S/C19H23N3O/c1-15-18(14-21-22(15)17-10-6-3-7-11-17)19(23)20-13-12-16-8-4-2-5-9-16/h3,6-8,10-11,14H,2,4-5,9,12-13H2,1H3,(H,20,23). The molecule has 0 spiro atoms. The van der Waals surface area contributed by atoms with E-state index in [1.165, 1.54) is 31.3 Å². The largest absolute Gasteiger partial charge is 0.352 e. The van der Waals surface area contributed by atoms with Crippen LogP contribution in [0.25, 0.3) is 5.69 Å². The molecule has 23 heavy (non-hydrogen) atoms. The van der Waals surface area contributed by atoms with E-state index in [0.717, 1.165) is 17.8 Å². The summed E-state index contributed by atoms with van der Waals surface area (Å²) in [4.78, 5) is 12.4. The third-order valence-electron chi connectivity index (χ3n) is 4.37. The second-order valence-corrected chi connectivity index (χ2v) is 6.01. The molecule has 4 nitrogen and oxygen atoms in total. The Labute approximate surface area is 137 Å². The van der Waals surface area contributed by atoms with Crippen molar-refractivity contribution in [3.8, 4) is 5.69 Å². The molecule has 0 saturated heterocycles. The number of rotatable bonds is 5. The Kier molecular flexibility index (Phi) is 4.91. The van der Waals surface area contributed by atoms with Crippen molar-refractivity contribution in [1.29, 1.82) is 0 Å². The molecule has 1 amide bonds. The van der Waals surface area contributed by atoms with E-state index in [4.69, 9.17) is 0 Å². The molecule has 1 aliphatic rings. The summed E-state index contributed by atoms with van der Waals surface area (Å²) in [5.74, 6) is -0.0407. The number of carbonyl (C=O) groups excluding carboxylic acids is 1. The van der Waals surface area contributed by atoms with E-state index in [0.29, 0.717) is 12.1 Å². The lowest BCUT2D eigenvalue weighted by molar-refractivity contribution is 0.0953. The van der Waals surface area contributed by atoms with Crippen molar-refractivity contribution < 1.29 is 4.79 Å². The van der Waals surface area contributed by atoms with Crippen molar-refractivity contribution in [2.24, 2.45) is 0 Å². The summed E-state index contributed by atoms with van der Waals surface area (Å²) in [5.41, 5.74) is 3.96. The smallest absolute Gasteiger partial charge is 0.254 e. The normalized spacial score (nSPS) is 14.4. The number of carbonyl (C=O) groups is 1. The third-order valence-corrected chi connectivity index (χ3v) is 4.37. The molecule has 0 fully saturated rings. The third kappa shape index (κ3) is 3.70. The summed E-state index contributed by atoms with van der Waals surface area (Å²) in [5, 5.41) is 7.37. The van der Waals surface area contributed by atoms with Crippen LogP contribution in [0.15, 0.2) is 48.2 Å². The predicted molar refractivity (Wildman–Crippen MR) is 91.8 cm³/mol. The zero-order valence-corrected chi connectivity index (χ0v) is 13.6. The summed E-state index contributed by atoms with van der Waals surface area (Å²) in [6, 6.07) is 9.87. The van der Waals surface area contributed by atoms with Crippen LogP contribution in [0.4, 0.5) is 0 Å². The number of nitrogens with one attached hydrogen (secondary N) is 1. The van der Waals surface area contributed by atoms with Crippen LogP contribution >= 0.6 is 0 Å². The van der Waals surface area contributed by atoms with E-state index in [2.05, 4.69) is 16.5 Å². The van der Waals surface area contributed by atoms with Crippen molar-refractivity contribution in [3.05, 3.63) is 59.4 Å². The lowest BCUT2D eigenvalue weighted by Crippen LogP contribution is -2.25. The molecular weight excluding hydrogens is 286 g/mol. The first-order valence-electron chi connectivity index (χ1n) is 8.32. The van der Waals surface area contributed by atoms with E-state index in [9.17, 15) is 4.79 Å². The van der Waals surface area contributed by atoms with Gasteiger partial charge in [-0.15, -0.1) is 0 Å². The van der Waals surface area contributed by atoms with E-state index < -0.39 is 0 Å². The van der Waals surface area contributed by atoms with Gasteiger partial charge in [0.2, 0.25) is 0 Å². The quantitative estimate of drug-likeness (QED) is 0.854. The van der Waals surface area contributed by atoms with Gasteiger partial charge < -0.3 is 5.32 Å². The average Bonchev–Trinajstić information content (AvgIpc) is 2.98. The van der Waals surface area contributed by atoms with E-state index in [1.807, 2.05) is 37.3 Å². The number of benzene rings is 1. The molecule has 1 aromatic carbocycles. The highest BCUT2D eigenvalue weighted by Gasteiger charge is 2.14. The van der Waals surface area contributed by atoms with Crippen molar-refractivity contribution in [1.82, 2.24) is 15.1 Å². The van der Waals surface area contributed by atoms with E-state index in [1.54, 1.807) is 10.9 Å². The molecule has 3 rings (SSSR count). The summed E-state index contributed by atoms with van der Waals surface area (Å²) >= 11 is 0. The zero-order valence-electron chi connectivity index (χ0n) is 13.6. The van der Waals surface area contributed by atoms with Gasteiger partial charge in [-0.1, -0.05) is 29.8 Å². The van der Waals surface area contributed by atoms with Gasteiger partial charge in [0.1, 0.15) is 0 Å². The van der Waals surface area contributed by atoms with Crippen LogP contribution < -0.4 is 5.32 Å². The van der Waals surface area contributed by atoms with Crippen LogP contribution in [0.2, 0.25) is 0 Å². The minimum atomic E-state index is -0.0407. The maximum Gasteiger partial charge on any atom is 0.254 e. The first-order valence-corrected chi connectivity index (χ1v) is 8.32. The number of aromatic nitrogens is 2. The van der Waals surface area contributed by atoms with Gasteiger partial charge in [0.15, 0.2) is 0 Å². The van der Waals surface area contributed by atoms with Gasteiger partial charge in [0, 0.05) is 6.54 Å². The second-order valence-electron chi connectivity index (χ2n) is 6.01. The van der Waals surface area contributed by atoms with Crippen molar-refractivity contribution in [2.75, 3.05) is 6.54 Å². The van der Waals surface area contributed by atoms with Crippen LogP contribution in [0, 0.1) is 6.92 Å². The SMILES string of the molecule is Cc1c(C(=O)NCCC2=CCCCC2)cnn1-c1ccccc1. The van der Waals surface area contributed by atoms with Crippen LogP contribution in [0.5, 0.6) is 0 Å². The highest BCUT2D eigenvalue weighted by Crippen LogP contribution is 2.19. The molecule has 4 heteroatoms. The van der Waals surface area contributed by atoms with Crippen molar-refractivity contribution >= 4 is 5.91 Å². The number of nitrogens with zero attached hydrogens (tertiary/aromatic N) is 2. The summed E-state index contributed by atoms with van der Waals surface area (Å²) < 4.78 is 1.80. The van der Waals surface area contributed by atoms with Crippen molar-refractivity contribution in [3.63, 3.8) is 0 Å². The molecule has 0 unspecified atom stereocenters. The Morgan fingerprint density at radius 2 is 2.09 bits per heavy atom. The van der Waals surface area contributed by atoms with Crippen molar-refractivity contribution in [2.45, 2.75) is 39.0 Å². The first kappa shape index (κ1) is 15.5. The predicted octanol–water partition coefficient (Wildman–Crippen LogP) is 3.80. The molecule has 0 atom stereocenters. The molecule has 0 bridgehead atoms. The van der Waals surface area contributed by atoms with Crippen LogP contribution in [-0.2, 0) is 0 Å². The lowest BCUT2D eigenvalue weighted by Gasteiger charge is -2.12. The van der Waals surface area contributed by atoms with E-state index >= 15 is 0 Å². The van der Waals surface area contributed by atoms with Gasteiger partial charge in [0.05, 0.1) is 23.1 Å². The topological polar surface area (TPSA) is 46.9 Å². The lowest BCUT2D eigenvalue weighted by atomic mass is 9.97. The molecule has 0 radical (unpaired) electrons. The average molecular weight is 309 g/mol. The Morgan fingerprint density at radius 1 is 1.26 bits per heavy atom.